The molecule has 1 atom stereocenters. The molecule has 1 aromatic carbocycles. The number of benzene rings is 1. The molecule has 1 rings (SSSR count). The second kappa shape index (κ2) is 11.1. The first-order chi connectivity index (χ1) is 12.0. The number of rotatable bonds is 10. The predicted octanol–water partition coefficient (Wildman–Crippen LogP) is 2.38. The van der Waals surface area contributed by atoms with Gasteiger partial charge in [0.05, 0.1) is 18.2 Å². The number of nitrogens with one attached hydrogen (secondary N) is 2. The molecule has 0 saturated carbocycles. The third-order valence-electron chi connectivity index (χ3n) is 3.64. The Bertz CT molecular complexity index is 608. The first-order valence-corrected chi connectivity index (χ1v) is 8.60. The smallest absolute Gasteiger partial charge is 0.242 e. The molecule has 6 heteroatoms. The molecule has 0 aromatic heterocycles. The summed E-state index contributed by atoms with van der Waals surface area (Å²) in [6.07, 6.45) is 2.36. The fourth-order valence-corrected chi connectivity index (χ4v) is 2.38. The SMILES string of the molecule is CNC(=O)[C@@H](CC(C)C)NC(=O)CCCCOc1cccc(C#N)c1. The summed E-state index contributed by atoms with van der Waals surface area (Å²) >= 11 is 0. The van der Waals surface area contributed by atoms with E-state index in [1.807, 2.05) is 13.8 Å². The second-order valence-electron chi connectivity index (χ2n) is 6.31. The number of likely N-dealkylation sites (N-methyl/N-ethyl adjacent to an activating group) is 1. The van der Waals surface area contributed by atoms with E-state index in [9.17, 15) is 9.59 Å². The van der Waals surface area contributed by atoms with E-state index >= 15 is 0 Å². The molecule has 0 fully saturated rings. The van der Waals surface area contributed by atoms with E-state index in [0.29, 0.717) is 43.1 Å². The van der Waals surface area contributed by atoms with E-state index in [2.05, 4.69) is 16.7 Å². The Hall–Kier alpha value is -2.55. The highest BCUT2D eigenvalue weighted by Gasteiger charge is 2.20. The van der Waals surface area contributed by atoms with Crippen LogP contribution in [0.1, 0.15) is 45.1 Å². The van der Waals surface area contributed by atoms with Gasteiger partial charge in [0.25, 0.3) is 0 Å². The number of carbonyl (C=O) groups is 2. The fourth-order valence-electron chi connectivity index (χ4n) is 2.38. The van der Waals surface area contributed by atoms with Crippen LogP contribution in [0, 0.1) is 17.2 Å². The lowest BCUT2D eigenvalue weighted by atomic mass is 10.0. The minimum absolute atomic E-state index is 0.124. The lowest BCUT2D eigenvalue weighted by molar-refractivity contribution is -0.129. The van der Waals surface area contributed by atoms with Gasteiger partial charge in [0.2, 0.25) is 11.8 Å². The van der Waals surface area contributed by atoms with Gasteiger partial charge in [-0.25, -0.2) is 0 Å². The van der Waals surface area contributed by atoms with E-state index in [4.69, 9.17) is 10.00 Å². The van der Waals surface area contributed by atoms with Gasteiger partial charge >= 0.3 is 0 Å². The molecule has 0 radical (unpaired) electrons. The lowest BCUT2D eigenvalue weighted by Crippen LogP contribution is -2.46. The molecule has 0 bridgehead atoms. The molecule has 136 valence electrons. The van der Waals surface area contributed by atoms with Crippen molar-refractivity contribution in [3.05, 3.63) is 29.8 Å². The predicted molar refractivity (Wildman–Crippen MR) is 96.0 cm³/mol. The molecule has 0 aliphatic heterocycles. The Kier molecular flexibility index (Phi) is 9.09. The molecule has 0 spiro atoms. The molecular formula is C19H27N3O3. The van der Waals surface area contributed by atoms with Gasteiger partial charge < -0.3 is 15.4 Å². The number of hydrogen-bond donors (Lipinski definition) is 2. The first kappa shape index (κ1) is 20.5. The summed E-state index contributed by atoms with van der Waals surface area (Å²) in [6, 6.07) is 8.56. The molecule has 2 N–H and O–H groups in total. The summed E-state index contributed by atoms with van der Waals surface area (Å²) < 4.78 is 5.57. The van der Waals surface area contributed by atoms with Crippen LogP contribution in [0.3, 0.4) is 0 Å². The highest BCUT2D eigenvalue weighted by molar-refractivity contribution is 5.87. The maximum Gasteiger partial charge on any atom is 0.242 e. The lowest BCUT2D eigenvalue weighted by Gasteiger charge is -2.19. The number of ether oxygens (including phenoxy) is 1. The molecule has 0 saturated heterocycles. The highest BCUT2D eigenvalue weighted by atomic mass is 16.5. The Balaban J connectivity index is 2.29. The highest BCUT2D eigenvalue weighted by Crippen LogP contribution is 2.13. The summed E-state index contributed by atoms with van der Waals surface area (Å²) in [5, 5.41) is 14.2. The van der Waals surface area contributed by atoms with Crippen LogP contribution in [0.4, 0.5) is 0 Å². The third kappa shape index (κ3) is 8.20. The number of hydrogen-bond acceptors (Lipinski definition) is 4. The molecule has 0 aliphatic carbocycles. The summed E-state index contributed by atoms with van der Waals surface area (Å²) in [6.45, 7) is 4.51. The van der Waals surface area contributed by atoms with Gasteiger partial charge in [0.1, 0.15) is 11.8 Å². The zero-order valence-corrected chi connectivity index (χ0v) is 15.2. The van der Waals surface area contributed by atoms with Crippen molar-refractivity contribution in [3.8, 4) is 11.8 Å². The first-order valence-electron chi connectivity index (χ1n) is 8.60. The molecule has 0 aliphatic rings. The monoisotopic (exact) mass is 345 g/mol. The van der Waals surface area contributed by atoms with Crippen LogP contribution >= 0.6 is 0 Å². The van der Waals surface area contributed by atoms with Crippen LogP contribution in [0.15, 0.2) is 24.3 Å². The quantitative estimate of drug-likeness (QED) is 0.637. The van der Waals surface area contributed by atoms with Crippen molar-refractivity contribution in [1.29, 1.82) is 5.26 Å². The van der Waals surface area contributed by atoms with E-state index in [-0.39, 0.29) is 11.8 Å². The topological polar surface area (TPSA) is 91.2 Å². The van der Waals surface area contributed by atoms with Crippen LogP contribution < -0.4 is 15.4 Å². The fraction of sp³-hybridized carbons (Fsp3) is 0.526. The van der Waals surface area contributed by atoms with Crippen LogP contribution in [-0.4, -0.2) is 31.5 Å². The zero-order chi connectivity index (χ0) is 18.7. The Labute approximate surface area is 149 Å². The molecule has 25 heavy (non-hydrogen) atoms. The van der Waals surface area contributed by atoms with Gasteiger partial charge in [-0.05, 0) is 43.4 Å². The van der Waals surface area contributed by atoms with E-state index in [1.54, 1.807) is 31.3 Å². The van der Waals surface area contributed by atoms with Crippen molar-refractivity contribution in [2.75, 3.05) is 13.7 Å². The number of carbonyl (C=O) groups excluding carboxylic acids is 2. The average molecular weight is 345 g/mol. The molecule has 0 unspecified atom stereocenters. The number of unbranched alkanes of at least 4 members (excludes halogenated alkanes) is 1. The van der Waals surface area contributed by atoms with Crippen molar-refractivity contribution in [2.24, 2.45) is 5.92 Å². The van der Waals surface area contributed by atoms with Crippen molar-refractivity contribution in [1.82, 2.24) is 10.6 Å². The maximum absolute atomic E-state index is 12.0. The Morgan fingerprint density at radius 1 is 1.28 bits per heavy atom. The Morgan fingerprint density at radius 2 is 2.04 bits per heavy atom. The summed E-state index contributed by atoms with van der Waals surface area (Å²) in [7, 11) is 1.57. The van der Waals surface area contributed by atoms with E-state index in [1.165, 1.54) is 0 Å². The molecular weight excluding hydrogens is 318 g/mol. The molecule has 0 heterocycles. The third-order valence-corrected chi connectivity index (χ3v) is 3.64. The van der Waals surface area contributed by atoms with Gasteiger partial charge in [-0.2, -0.15) is 5.26 Å². The number of amides is 2. The van der Waals surface area contributed by atoms with Crippen molar-refractivity contribution in [2.45, 2.75) is 45.6 Å². The number of nitriles is 1. The Morgan fingerprint density at radius 3 is 2.68 bits per heavy atom. The normalized spacial score (nSPS) is 11.5. The molecule has 6 nitrogen and oxygen atoms in total. The van der Waals surface area contributed by atoms with Gasteiger partial charge in [-0.1, -0.05) is 19.9 Å². The minimum Gasteiger partial charge on any atom is -0.494 e. The van der Waals surface area contributed by atoms with Crippen LogP contribution in [0.5, 0.6) is 5.75 Å². The second-order valence-corrected chi connectivity index (χ2v) is 6.31. The number of nitrogens with zero attached hydrogens (tertiary/aromatic N) is 1. The van der Waals surface area contributed by atoms with Crippen molar-refractivity contribution in [3.63, 3.8) is 0 Å². The van der Waals surface area contributed by atoms with Crippen LogP contribution in [0.2, 0.25) is 0 Å². The largest absolute Gasteiger partial charge is 0.494 e. The summed E-state index contributed by atoms with van der Waals surface area (Å²) in [5.41, 5.74) is 0.558. The standard InChI is InChI=1S/C19H27N3O3/c1-14(2)11-17(19(24)21-3)22-18(23)9-4-5-10-25-16-8-6-7-15(12-16)13-20/h6-8,12,14,17H,4-5,9-11H2,1-3H3,(H,21,24)(H,22,23)/t17-/m1/s1. The minimum atomic E-state index is -0.484. The van der Waals surface area contributed by atoms with Gasteiger partial charge in [-0.15, -0.1) is 0 Å². The van der Waals surface area contributed by atoms with Crippen molar-refractivity contribution >= 4 is 11.8 Å². The molecule has 2 amide bonds. The van der Waals surface area contributed by atoms with Gasteiger partial charge in [0, 0.05) is 13.5 Å². The zero-order valence-electron chi connectivity index (χ0n) is 15.2. The van der Waals surface area contributed by atoms with E-state index in [0.717, 1.165) is 6.42 Å². The van der Waals surface area contributed by atoms with Crippen molar-refractivity contribution < 1.29 is 14.3 Å². The average Bonchev–Trinajstić information content (AvgIpc) is 2.60. The van der Waals surface area contributed by atoms with Crippen LogP contribution in [0.25, 0.3) is 0 Å². The molecule has 1 aromatic rings. The summed E-state index contributed by atoms with van der Waals surface area (Å²) in [5.74, 6) is 0.684. The van der Waals surface area contributed by atoms with Crippen LogP contribution in [-0.2, 0) is 9.59 Å². The maximum atomic E-state index is 12.0. The van der Waals surface area contributed by atoms with Gasteiger partial charge in [0.15, 0.2) is 0 Å². The van der Waals surface area contributed by atoms with E-state index < -0.39 is 6.04 Å². The summed E-state index contributed by atoms with van der Waals surface area (Å²) in [4.78, 5) is 23.8. The van der Waals surface area contributed by atoms with Gasteiger partial charge in [-0.3, -0.25) is 9.59 Å².